The standard InChI is InChI=1S/C22H18BrNO5/c1-13-19(22(27)29-3)18(12-14-4-6-15(7-5-14)21(26)28-2)20(25)24(13)17-10-8-16(23)9-11-17/h4-12H,1-3H3/b18-12-. The Balaban J connectivity index is 2.06. The van der Waals surface area contributed by atoms with E-state index in [4.69, 9.17) is 4.74 Å². The number of carbonyl (C=O) groups excluding carboxylic acids is 3. The van der Waals surface area contributed by atoms with Crippen molar-refractivity contribution in [3.63, 3.8) is 0 Å². The second kappa shape index (κ2) is 8.45. The normalized spacial score (nSPS) is 15.1. The maximum atomic E-state index is 13.2. The summed E-state index contributed by atoms with van der Waals surface area (Å²) in [5.74, 6) is -1.37. The van der Waals surface area contributed by atoms with Crippen molar-refractivity contribution in [1.82, 2.24) is 0 Å². The number of amides is 1. The molecule has 0 saturated carbocycles. The SMILES string of the molecule is COC(=O)C1=C(C)N(c2ccc(Br)cc2)C(=O)/C1=C\c1ccc(C(=O)OC)cc1. The highest BCUT2D eigenvalue weighted by Gasteiger charge is 2.37. The van der Waals surface area contributed by atoms with Gasteiger partial charge in [0.05, 0.1) is 30.9 Å². The molecule has 3 rings (SSSR count). The fraction of sp³-hybridized carbons (Fsp3) is 0.136. The van der Waals surface area contributed by atoms with Gasteiger partial charge in [0.1, 0.15) is 0 Å². The highest BCUT2D eigenvalue weighted by Crippen LogP contribution is 2.35. The van der Waals surface area contributed by atoms with E-state index in [0.29, 0.717) is 22.5 Å². The highest BCUT2D eigenvalue weighted by molar-refractivity contribution is 9.10. The summed E-state index contributed by atoms with van der Waals surface area (Å²) >= 11 is 3.37. The van der Waals surface area contributed by atoms with Gasteiger partial charge in [0.15, 0.2) is 0 Å². The van der Waals surface area contributed by atoms with E-state index in [1.807, 2.05) is 12.1 Å². The summed E-state index contributed by atoms with van der Waals surface area (Å²) in [5.41, 5.74) is 2.61. The molecule has 0 atom stereocenters. The Bertz CT molecular complexity index is 1040. The van der Waals surface area contributed by atoms with Crippen molar-refractivity contribution in [3.05, 3.63) is 81.0 Å². The van der Waals surface area contributed by atoms with Crippen LogP contribution in [0, 0.1) is 0 Å². The van der Waals surface area contributed by atoms with Gasteiger partial charge in [-0.1, -0.05) is 28.1 Å². The maximum Gasteiger partial charge on any atom is 0.340 e. The topological polar surface area (TPSA) is 72.9 Å². The molecule has 1 heterocycles. The molecule has 0 aliphatic carbocycles. The van der Waals surface area contributed by atoms with Crippen molar-refractivity contribution in [3.8, 4) is 0 Å². The van der Waals surface area contributed by atoms with Crippen LogP contribution in [0.25, 0.3) is 6.08 Å². The molecule has 0 saturated heterocycles. The molecular formula is C22H18BrNO5. The van der Waals surface area contributed by atoms with Crippen molar-refractivity contribution in [2.75, 3.05) is 19.1 Å². The number of methoxy groups -OCH3 is 2. The second-order valence-electron chi connectivity index (χ2n) is 6.24. The number of esters is 2. The van der Waals surface area contributed by atoms with Gasteiger partial charge in [-0.3, -0.25) is 9.69 Å². The van der Waals surface area contributed by atoms with Gasteiger partial charge in [0, 0.05) is 15.9 Å². The minimum absolute atomic E-state index is 0.206. The summed E-state index contributed by atoms with van der Waals surface area (Å²) in [7, 11) is 2.58. The molecule has 7 heteroatoms. The van der Waals surface area contributed by atoms with Gasteiger partial charge in [-0.25, -0.2) is 9.59 Å². The number of hydrogen-bond donors (Lipinski definition) is 0. The molecule has 0 radical (unpaired) electrons. The van der Waals surface area contributed by atoms with Crippen molar-refractivity contribution >= 4 is 45.5 Å². The number of anilines is 1. The predicted octanol–water partition coefficient (Wildman–Crippen LogP) is 4.11. The van der Waals surface area contributed by atoms with E-state index in [0.717, 1.165) is 4.47 Å². The summed E-state index contributed by atoms with van der Waals surface area (Å²) in [6.07, 6.45) is 1.61. The predicted molar refractivity (Wildman–Crippen MR) is 112 cm³/mol. The quantitative estimate of drug-likeness (QED) is 0.512. The number of hydrogen-bond acceptors (Lipinski definition) is 5. The van der Waals surface area contributed by atoms with E-state index in [1.54, 1.807) is 49.4 Å². The number of halogens is 1. The largest absolute Gasteiger partial charge is 0.465 e. The second-order valence-corrected chi connectivity index (χ2v) is 7.16. The summed E-state index contributed by atoms with van der Waals surface area (Å²) in [4.78, 5) is 38.7. The zero-order valence-electron chi connectivity index (χ0n) is 16.1. The van der Waals surface area contributed by atoms with Crippen LogP contribution < -0.4 is 4.90 Å². The lowest BCUT2D eigenvalue weighted by atomic mass is 10.0. The van der Waals surface area contributed by atoms with Crippen LogP contribution in [-0.4, -0.2) is 32.1 Å². The van der Waals surface area contributed by atoms with Crippen LogP contribution in [0.1, 0.15) is 22.8 Å². The molecule has 0 fully saturated rings. The van der Waals surface area contributed by atoms with Crippen LogP contribution in [0.4, 0.5) is 5.69 Å². The van der Waals surface area contributed by atoms with Crippen molar-refractivity contribution in [1.29, 1.82) is 0 Å². The van der Waals surface area contributed by atoms with Gasteiger partial charge in [-0.2, -0.15) is 0 Å². The number of ether oxygens (including phenoxy) is 2. The van der Waals surface area contributed by atoms with Gasteiger partial charge >= 0.3 is 11.9 Å². The van der Waals surface area contributed by atoms with Crippen LogP contribution in [0.5, 0.6) is 0 Å². The zero-order valence-corrected chi connectivity index (χ0v) is 17.6. The number of rotatable bonds is 4. The van der Waals surface area contributed by atoms with Gasteiger partial charge < -0.3 is 9.47 Å². The van der Waals surface area contributed by atoms with Crippen LogP contribution in [0.3, 0.4) is 0 Å². The molecule has 0 N–H and O–H groups in total. The van der Waals surface area contributed by atoms with Crippen molar-refractivity contribution < 1.29 is 23.9 Å². The van der Waals surface area contributed by atoms with Crippen LogP contribution in [0.2, 0.25) is 0 Å². The van der Waals surface area contributed by atoms with E-state index in [1.165, 1.54) is 19.1 Å². The molecule has 0 spiro atoms. The number of allylic oxidation sites excluding steroid dienone is 1. The first-order valence-electron chi connectivity index (χ1n) is 8.67. The molecule has 1 aliphatic rings. The molecule has 1 amide bonds. The summed E-state index contributed by atoms with van der Waals surface area (Å²) in [5, 5.41) is 0. The number of nitrogens with zero attached hydrogens (tertiary/aromatic N) is 1. The molecule has 6 nitrogen and oxygen atoms in total. The third-order valence-corrected chi connectivity index (χ3v) is 5.05. The van der Waals surface area contributed by atoms with E-state index < -0.39 is 11.9 Å². The van der Waals surface area contributed by atoms with E-state index in [2.05, 4.69) is 20.7 Å². The molecule has 2 aromatic rings. The average molecular weight is 456 g/mol. The Morgan fingerprint density at radius 3 is 2.07 bits per heavy atom. The van der Waals surface area contributed by atoms with Crippen molar-refractivity contribution in [2.24, 2.45) is 0 Å². The Kier molecular flexibility index (Phi) is 5.98. The number of benzene rings is 2. The van der Waals surface area contributed by atoms with E-state index in [-0.39, 0.29) is 17.1 Å². The molecule has 1 aliphatic heterocycles. The van der Waals surface area contributed by atoms with Crippen LogP contribution >= 0.6 is 15.9 Å². The molecular weight excluding hydrogens is 438 g/mol. The smallest absolute Gasteiger partial charge is 0.340 e. The molecule has 0 aromatic heterocycles. The fourth-order valence-electron chi connectivity index (χ4n) is 3.08. The first kappa shape index (κ1) is 20.5. The molecule has 29 heavy (non-hydrogen) atoms. The first-order chi connectivity index (χ1) is 13.9. The molecule has 0 bridgehead atoms. The minimum atomic E-state index is -0.590. The average Bonchev–Trinajstić information content (AvgIpc) is 2.98. The van der Waals surface area contributed by atoms with Gasteiger partial charge in [-0.05, 0) is 55.0 Å². The maximum absolute atomic E-state index is 13.2. The molecule has 148 valence electrons. The third-order valence-electron chi connectivity index (χ3n) is 4.52. The Hall–Kier alpha value is -3.19. The summed E-state index contributed by atoms with van der Waals surface area (Å²) in [6, 6.07) is 13.8. The van der Waals surface area contributed by atoms with E-state index >= 15 is 0 Å². The van der Waals surface area contributed by atoms with E-state index in [9.17, 15) is 14.4 Å². The highest BCUT2D eigenvalue weighted by atomic mass is 79.9. The van der Waals surface area contributed by atoms with Crippen LogP contribution in [0.15, 0.2) is 69.8 Å². The lowest BCUT2D eigenvalue weighted by Gasteiger charge is -2.18. The monoisotopic (exact) mass is 455 g/mol. The Labute approximate surface area is 176 Å². The Morgan fingerprint density at radius 2 is 1.52 bits per heavy atom. The lowest BCUT2D eigenvalue weighted by Crippen LogP contribution is -2.24. The van der Waals surface area contributed by atoms with Gasteiger partial charge in [0.2, 0.25) is 0 Å². The minimum Gasteiger partial charge on any atom is -0.465 e. The lowest BCUT2D eigenvalue weighted by molar-refractivity contribution is -0.136. The van der Waals surface area contributed by atoms with Crippen molar-refractivity contribution in [2.45, 2.75) is 6.92 Å². The van der Waals surface area contributed by atoms with Crippen LogP contribution in [-0.2, 0) is 19.1 Å². The first-order valence-corrected chi connectivity index (χ1v) is 9.46. The van der Waals surface area contributed by atoms with Gasteiger partial charge in [0.25, 0.3) is 5.91 Å². The Morgan fingerprint density at radius 1 is 0.931 bits per heavy atom. The summed E-state index contributed by atoms with van der Waals surface area (Å²) in [6.45, 7) is 1.70. The molecule has 2 aromatic carbocycles. The molecule has 0 unspecified atom stereocenters. The number of carbonyl (C=O) groups is 3. The fourth-order valence-corrected chi connectivity index (χ4v) is 3.35. The third kappa shape index (κ3) is 4.00. The van der Waals surface area contributed by atoms with Gasteiger partial charge in [-0.15, -0.1) is 0 Å². The zero-order chi connectivity index (χ0) is 21.1. The summed E-state index contributed by atoms with van der Waals surface area (Å²) < 4.78 is 10.5.